The third-order valence-electron chi connectivity index (χ3n) is 2.05. The van der Waals surface area contributed by atoms with Crippen molar-refractivity contribution in [1.29, 1.82) is 0 Å². The van der Waals surface area contributed by atoms with Crippen molar-refractivity contribution in [3.63, 3.8) is 0 Å². The Kier molecular flexibility index (Phi) is 2.37. The van der Waals surface area contributed by atoms with Crippen LogP contribution < -0.4 is 10.5 Å². The molecule has 2 heterocycles. The maximum atomic E-state index is 5.61. The van der Waals surface area contributed by atoms with Gasteiger partial charge in [0.05, 0.1) is 19.4 Å². The van der Waals surface area contributed by atoms with Gasteiger partial charge in [0.15, 0.2) is 0 Å². The third-order valence-corrected chi connectivity index (χ3v) is 2.77. The summed E-state index contributed by atoms with van der Waals surface area (Å²) in [5.74, 6) is 0.435. The second-order valence-electron chi connectivity index (χ2n) is 3.20. The van der Waals surface area contributed by atoms with Crippen LogP contribution in [0.3, 0.4) is 0 Å². The molecule has 2 N–H and O–H groups in total. The minimum Gasteiger partial charge on any atom is -0.464 e. The smallest absolute Gasteiger partial charge is 0.275 e. The zero-order chi connectivity index (χ0) is 9.26. The van der Waals surface area contributed by atoms with Crippen LogP contribution in [0, 0.1) is 5.92 Å². The van der Waals surface area contributed by atoms with Crippen molar-refractivity contribution in [3.8, 4) is 5.19 Å². The molecule has 1 aromatic rings. The van der Waals surface area contributed by atoms with Crippen molar-refractivity contribution in [3.05, 3.63) is 6.20 Å². The first kappa shape index (κ1) is 8.77. The van der Waals surface area contributed by atoms with E-state index in [1.165, 1.54) is 11.3 Å². The molecule has 0 aliphatic carbocycles. The Hall–Kier alpha value is -0.810. The van der Waals surface area contributed by atoms with Gasteiger partial charge >= 0.3 is 0 Å². The molecule has 0 bridgehead atoms. The van der Waals surface area contributed by atoms with Crippen molar-refractivity contribution in [2.75, 3.05) is 18.9 Å². The molecule has 0 radical (unpaired) electrons. The lowest BCUT2D eigenvalue weighted by Gasteiger charge is -2.12. The number of hydrogen-bond acceptors (Lipinski definition) is 5. The average Bonchev–Trinajstić information content (AvgIpc) is 2.64. The van der Waals surface area contributed by atoms with Crippen molar-refractivity contribution < 1.29 is 9.47 Å². The number of thiazole rings is 1. The number of hydrogen-bond donors (Lipinski definition) is 1. The number of rotatable bonds is 2. The Morgan fingerprint density at radius 1 is 1.69 bits per heavy atom. The lowest BCUT2D eigenvalue weighted by Crippen LogP contribution is -2.23. The summed E-state index contributed by atoms with van der Waals surface area (Å²) in [7, 11) is 0. The third kappa shape index (κ3) is 1.92. The second kappa shape index (κ2) is 3.51. The van der Waals surface area contributed by atoms with Gasteiger partial charge in [-0.1, -0.05) is 18.3 Å². The Bertz CT molecular complexity index is 289. The maximum absolute atomic E-state index is 5.61. The lowest BCUT2D eigenvalue weighted by molar-refractivity contribution is 0.138. The van der Waals surface area contributed by atoms with Crippen LogP contribution >= 0.6 is 11.3 Å². The first-order chi connectivity index (χ1) is 6.25. The molecular weight excluding hydrogens is 188 g/mol. The molecule has 2 rings (SSSR count). The molecule has 72 valence electrons. The number of nitrogens with two attached hydrogens (primary N) is 1. The number of nitrogens with zero attached hydrogens (tertiary/aromatic N) is 1. The zero-order valence-corrected chi connectivity index (χ0v) is 8.21. The van der Waals surface area contributed by atoms with Gasteiger partial charge in [0.1, 0.15) is 11.1 Å². The van der Waals surface area contributed by atoms with E-state index in [4.69, 9.17) is 15.2 Å². The molecule has 1 aromatic heterocycles. The molecule has 2 unspecified atom stereocenters. The minimum absolute atomic E-state index is 0.130. The van der Waals surface area contributed by atoms with Gasteiger partial charge in [0.25, 0.3) is 5.19 Å². The molecule has 1 aliphatic heterocycles. The molecular formula is C8H12N2O2S. The van der Waals surface area contributed by atoms with Crippen molar-refractivity contribution >= 4 is 16.3 Å². The highest BCUT2D eigenvalue weighted by molar-refractivity contribution is 7.17. The Morgan fingerprint density at radius 3 is 3.08 bits per heavy atom. The molecule has 1 fully saturated rings. The van der Waals surface area contributed by atoms with Crippen LogP contribution in [0.25, 0.3) is 0 Å². The van der Waals surface area contributed by atoms with Gasteiger partial charge in [0.2, 0.25) is 0 Å². The van der Waals surface area contributed by atoms with Gasteiger partial charge in [0, 0.05) is 5.92 Å². The molecule has 0 aromatic carbocycles. The predicted molar refractivity (Wildman–Crippen MR) is 50.9 cm³/mol. The molecule has 0 spiro atoms. The molecule has 2 atom stereocenters. The number of nitrogen functional groups attached to an aromatic ring is 1. The van der Waals surface area contributed by atoms with Gasteiger partial charge in [-0.2, -0.15) is 0 Å². The molecule has 1 saturated heterocycles. The Morgan fingerprint density at radius 2 is 2.54 bits per heavy atom. The molecule has 13 heavy (non-hydrogen) atoms. The topological polar surface area (TPSA) is 57.4 Å². The first-order valence-electron chi connectivity index (χ1n) is 4.21. The van der Waals surface area contributed by atoms with Gasteiger partial charge in [-0.25, -0.2) is 4.98 Å². The fourth-order valence-corrected chi connectivity index (χ4v) is 1.83. The molecule has 0 amide bonds. The SMILES string of the molecule is CC1COCC1Oc1ncc(N)s1. The van der Waals surface area contributed by atoms with E-state index in [0.29, 0.717) is 22.7 Å². The summed E-state index contributed by atoms with van der Waals surface area (Å²) in [4.78, 5) is 4.03. The van der Waals surface area contributed by atoms with Crippen LogP contribution in [0.5, 0.6) is 5.19 Å². The highest BCUT2D eigenvalue weighted by Gasteiger charge is 2.26. The van der Waals surface area contributed by atoms with Crippen molar-refractivity contribution in [2.45, 2.75) is 13.0 Å². The molecule has 1 aliphatic rings. The average molecular weight is 200 g/mol. The highest BCUT2D eigenvalue weighted by Crippen LogP contribution is 2.26. The maximum Gasteiger partial charge on any atom is 0.275 e. The highest BCUT2D eigenvalue weighted by atomic mass is 32.1. The predicted octanol–water partition coefficient (Wildman–Crippen LogP) is 1.14. The first-order valence-corrected chi connectivity index (χ1v) is 5.03. The summed E-state index contributed by atoms with van der Waals surface area (Å²) < 4.78 is 10.9. The minimum atomic E-state index is 0.130. The summed E-state index contributed by atoms with van der Waals surface area (Å²) in [5, 5.41) is 1.32. The van der Waals surface area contributed by atoms with Crippen molar-refractivity contribution in [1.82, 2.24) is 4.98 Å². The Labute approximate surface area is 80.7 Å². The van der Waals surface area contributed by atoms with Crippen LogP contribution in [0.4, 0.5) is 5.00 Å². The van der Waals surface area contributed by atoms with E-state index in [0.717, 1.165) is 6.61 Å². The fourth-order valence-electron chi connectivity index (χ4n) is 1.25. The quantitative estimate of drug-likeness (QED) is 0.777. The van der Waals surface area contributed by atoms with Gasteiger partial charge in [-0.3, -0.25) is 0 Å². The van der Waals surface area contributed by atoms with Gasteiger partial charge in [-0.05, 0) is 0 Å². The van der Waals surface area contributed by atoms with E-state index in [-0.39, 0.29) is 6.10 Å². The van der Waals surface area contributed by atoms with Crippen LogP contribution in [-0.4, -0.2) is 24.3 Å². The van der Waals surface area contributed by atoms with Crippen LogP contribution in [0.1, 0.15) is 6.92 Å². The van der Waals surface area contributed by atoms with E-state index < -0.39 is 0 Å². The summed E-state index contributed by atoms with van der Waals surface area (Å²) in [6.45, 7) is 3.53. The standard InChI is InChI=1S/C8H12N2O2S/c1-5-3-11-4-6(5)12-8-10-2-7(9)13-8/h2,5-6H,3-4,9H2,1H3. The number of anilines is 1. The fraction of sp³-hybridized carbons (Fsp3) is 0.625. The van der Waals surface area contributed by atoms with Crippen LogP contribution in [-0.2, 0) is 4.74 Å². The van der Waals surface area contributed by atoms with Gasteiger partial charge in [-0.15, -0.1) is 0 Å². The van der Waals surface area contributed by atoms with E-state index in [1.807, 2.05) is 0 Å². The summed E-state index contributed by atoms with van der Waals surface area (Å²) in [6.07, 6.45) is 1.74. The van der Waals surface area contributed by atoms with E-state index >= 15 is 0 Å². The van der Waals surface area contributed by atoms with Crippen LogP contribution in [0.2, 0.25) is 0 Å². The summed E-state index contributed by atoms with van der Waals surface area (Å²) in [5.41, 5.74) is 5.53. The largest absolute Gasteiger partial charge is 0.464 e. The van der Waals surface area contributed by atoms with Crippen LogP contribution in [0.15, 0.2) is 6.20 Å². The summed E-state index contributed by atoms with van der Waals surface area (Å²) in [6, 6.07) is 0. The van der Waals surface area contributed by atoms with Crippen molar-refractivity contribution in [2.24, 2.45) is 5.92 Å². The van der Waals surface area contributed by atoms with E-state index in [2.05, 4.69) is 11.9 Å². The Balaban J connectivity index is 1.97. The number of ether oxygens (including phenoxy) is 2. The normalized spacial score (nSPS) is 27.8. The lowest BCUT2D eigenvalue weighted by atomic mass is 10.1. The van der Waals surface area contributed by atoms with E-state index in [1.54, 1.807) is 6.20 Å². The molecule has 0 saturated carbocycles. The number of aromatic nitrogens is 1. The second-order valence-corrected chi connectivity index (χ2v) is 4.22. The molecule has 4 nitrogen and oxygen atoms in total. The summed E-state index contributed by atoms with van der Waals surface area (Å²) >= 11 is 1.37. The van der Waals surface area contributed by atoms with E-state index in [9.17, 15) is 0 Å². The monoisotopic (exact) mass is 200 g/mol. The zero-order valence-electron chi connectivity index (χ0n) is 7.40. The molecule has 5 heteroatoms. The van der Waals surface area contributed by atoms with Gasteiger partial charge < -0.3 is 15.2 Å².